The second-order valence-electron chi connectivity index (χ2n) is 3.91. The Morgan fingerprint density at radius 3 is 2.80 bits per heavy atom. The molecule has 0 atom stereocenters. The summed E-state index contributed by atoms with van der Waals surface area (Å²) >= 11 is 5.87. The van der Waals surface area contributed by atoms with E-state index >= 15 is 0 Å². The van der Waals surface area contributed by atoms with Gasteiger partial charge >= 0.3 is 0 Å². The van der Waals surface area contributed by atoms with E-state index in [1.165, 1.54) is 0 Å². The summed E-state index contributed by atoms with van der Waals surface area (Å²) in [7, 11) is 0. The van der Waals surface area contributed by atoms with E-state index in [2.05, 4.69) is 25.2 Å². The first-order chi connectivity index (χ1) is 7.13. The van der Waals surface area contributed by atoms with Crippen molar-refractivity contribution >= 4 is 17.3 Å². The van der Waals surface area contributed by atoms with Crippen molar-refractivity contribution in [2.75, 3.05) is 11.9 Å². The van der Waals surface area contributed by atoms with Crippen LogP contribution in [0.15, 0.2) is 18.2 Å². The van der Waals surface area contributed by atoms with Crippen LogP contribution < -0.4 is 5.32 Å². The van der Waals surface area contributed by atoms with Gasteiger partial charge in [0.05, 0.1) is 11.3 Å². The molecule has 0 saturated heterocycles. The predicted molar refractivity (Wildman–Crippen MR) is 64.1 cm³/mol. The summed E-state index contributed by atoms with van der Waals surface area (Å²) in [5.41, 5.74) is 1.47. The molecule has 1 aromatic carbocycles. The standard InChI is InChI=1S/C12H15ClN2/c1-9(2)5-6-15-12-7-11(13)4-3-10(12)8-14/h3-4,7,9,15H,5-6H2,1-2H3. The van der Waals surface area contributed by atoms with Crippen molar-refractivity contribution in [3.63, 3.8) is 0 Å². The molecule has 1 rings (SSSR count). The highest BCUT2D eigenvalue weighted by atomic mass is 35.5. The Morgan fingerprint density at radius 2 is 2.20 bits per heavy atom. The Morgan fingerprint density at radius 1 is 1.47 bits per heavy atom. The zero-order chi connectivity index (χ0) is 11.3. The molecule has 0 radical (unpaired) electrons. The Bertz CT molecular complexity index is 366. The van der Waals surface area contributed by atoms with Crippen molar-refractivity contribution in [2.24, 2.45) is 5.92 Å². The van der Waals surface area contributed by atoms with Crippen molar-refractivity contribution in [2.45, 2.75) is 20.3 Å². The number of nitrogens with zero attached hydrogens (tertiary/aromatic N) is 1. The first-order valence-corrected chi connectivity index (χ1v) is 5.45. The minimum absolute atomic E-state index is 0.642. The molecule has 0 heterocycles. The van der Waals surface area contributed by atoms with Crippen LogP contribution in [-0.2, 0) is 0 Å². The molecule has 15 heavy (non-hydrogen) atoms. The van der Waals surface area contributed by atoms with E-state index in [0.717, 1.165) is 18.7 Å². The second kappa shape index (κ2) is 5.63. The monoisotopic (exact) mass is 222 g/mol. The van der Waals surface area contributed by atoms with Gasteiger partial charge in [0.1, 0.15) is 6.07 Å². The second-order valence-corrected chi connectivity index (χ2v) is 4.35. The topological polar surface area (TPSA) is 35.8 Å². The number of rotatable bonds is 4. The van der Waals surface area contributed by atoms with Crippen LogP contribution >= 0.6 is 11.6 Å². The molecule has 0 unspecified atom stereocenters. The molecule has 2 nitrogen and oxygen atoms in total. The fourth-order valence-electron chi connectivity index (χ4n) is 1.26. The molecular formula is C12H15ClN2. The van der Waals surface area contributed by atoms with Gasteiger partial charge in [-0.15, -0.1) is 0 Å². The van der Waals surface area contributed by atoms with E-state index in [1.54, 1.807) is 18.2 Å². The third-order valence-corrected chi connectivity index (χ3v) is 2.37. The Hall–Kier alpha value is -1.20. The average molecular weight is 223 g/mol. The van der Waals surface area contributed by atoms with Gasteiger partial charge in [0.25, 0.3) is 0 Å². The van der Waals surface area contributed by atoms with Crippen LogP contribution in [0.2, 0.25) is 5.02 Å². The number of halogens is 1. The van der Waals surface area contributed by atoms with Crippen LogP contribution in [0.3, 0.4) is 0 Å². The van der Waals surface area contributed by atoms with Gasteiger partial charge in [0, 0.05) is 11.6 Å². The maximum Gasteiger partial charge on any atom is 0.101 e. The molecule has 0 bridgehead atoms. The normalized spacial score (nSPS) is 10.1. The van der Waals surface area contributed by atoms with E-state index in [0.29, 0.717) is 16.5 Å². The van der Waals surface area contributed by atoms with E-state index in [-0.39, 0.29) is 0 Å². The highest BCUT2D eigenvalue weighted by Gasteiger charge is 2.02. The largest absolute Gasteiger partial charge is 0.384 e. The van der Waals surface area contributed by atoms with Gasteiger partial charge in [-0.05, 0) is 30.5 Å². The van der Waals surface area contributed by atoms with Crippen LogP contribution in [0.4, 0.5) is 5.69 Å². The van der Waals surface area contributed by atoms with Crippen molar-refractivity contribution in [1.82, 2.24) is 0 Å². The number of nitrogens with one attached hydrogen (secondary N) is 1. The maximum absolute atomic E-state index is 8.88. The van der Waals surface area contributed by atoms with Crippen LogP contribution in [0.1, 0.15) is 25.8 Å². The van der Waals surface area contributed by atoms with Gasteiger partial charge in [-0.1, -0.05) is 25.4 Å². The highest BCUT2D eigenvalue weighted by molar-refractivity contribution is 6.30. The minimum atomic E-state index is 0.642. The minimum Gasteiger partial charge on any atom is -0.384 e. The van der Waals surface area contributed by atoms with Gasteiger partial charge in [0.2, 0.25) is 0 Å². The molecule has 0 amide bonds. The summed E-state index contributed by atoms with van der Waals surface area (Å²) in [5, 5.41) is 12.8. The van der Waals surface area contributed by atoms with Gasteiger partial charge in [0.15, 0.2) is 0 Å². The van der Waals surface area contributed by atoms with Crippen LogP contribution in [0.5, 0.6) is 0 Å². The molecule has 0 aliphatic rings. The maximum atomic E-state index is 8.88. The molecule has 0 aliphatic heterocycles. The third-order valence-electron chi connectivity index (χ3n) is 2.14. The molecule has 3 heteroatoms. The van der Waals surface area contributed by atoms with E-state index in [4.69, 9.17) is 16.9 Å². The number of hydrogen-bond acceptors (Lipinski definition) is 2. The van der Waals surface area contributed by atoms with Crippen molar-refractivity contribution < 1.29 is 0 Å². The smallest absolute Gasteiger partial charge is 0.101 e. The lowest BCUT2D eigenvalue weighted by Gasteiger charge is -2.09. The van der Waals surface area contributed by atoms with Gasteiger partial charge in [-0.25, -0.2) is 0 Å². The van der Waals surface area contributed by atoms with Crippen LogP contribution in [0.25, 0.3) is 0 Å². The first kappa shape index (κ1) is 11.9. The van der Waals surface area contributed by atoms with Gasteiger partial charge < -0.3 is 5.32 Å². The summed E-state index contributed by atoms with van der Waals surface area (Å²) in [6.07, 6.45) is 1.08. The van der Waals surface area contributed by atoms with E-state index in [9.17, 15) is 0 Å². The Kier molecular flexibility index (Phi) is 4.45. The summed E-state index contributed by atoms with van der Waals surface area (Å²) in [6.45, 7) is 5.21. The molecule has 1 N–H and O–H groups in total. The Balaban J connectivity index is 2.67. The van der Waals surface area contributed by atoms with Gasteiger partial charge in [-0.3, -0.25) is 0 Å². The quantitative estimate of drug-likeness (QED) is 0.844. The van der Waals surface area contributed by atoms with Gasteiger partial charge in [-0.2, -0.15) is 5.26 Å². The van der Waals surface area contributed by atoms with Crippen LogP contribution in [0, 0.1) is 17.2 Å². The summed E-state index contributed by atoms with van der Waals surface area (Å²) < 4.78 is 0. The lowest BCUT2D eigenvalue weighted by Crippen LogP contribution is -2.05. The molecule has 0 fully saturated rings. The fourth-order valence-corrected chi connectivity index (χ4v) is 1.43. The number of nitriles is 1. The average Bonchev–Trinajstić information content (AvgIpc) is 2.17. The van der Waals surface area contributed by atoms with E-state index in [1.807, 2.05) is 0 Å². The summed E-state index contributed by atoms with van der Waals surface area (Å²) in [6, 6.07) is 7.40. The molecular weight excluding hydrogens is 208 g/mol. The predicted octanol–water partition coefficient (Wildman–Crippen LogP) is 3.67. The zero-order valence-electron chi connectivity index (χ0n) is 9.05. The first-order valence-electron chi connectivity index (χ1n) is 5.07. The SMILES string of the molecule is CC(C)CCNc1cc(Cl)ccc1C#N. The van der Waals surface area contributed by atoms with Crippen molar-refractivity contribution in [3.8, 4) is 6.07 Å². The lowest BCUT2D eigenvalue weighted by atomic mass is 10.1. The van der Waals surface area contributed by atoms with Crippen LogP contribution in [-0.4, -0.2) is 6.54 Å². The molecule has 0 aliphatic carbocycles. The number of benzene rings is 1. The molecule has 1 aromatic rings. The number of anilines is 1. The number of hydrogen-bond donors (Lipinski definition) is 1. The molecule has 0 spiro atoms. The zero-order valence-corrected chi connectivity index (χ0v) is 9.80. The molecule has 0 aromatic heterocycles. The molecule has 80 valence electrons. The molecule has 0 saturated carbocycles. The van der Waals surface area contributed by atoms with Crippen molar-refractivity contribution in [3.05, 3.63) is 28.8 Å². The van der Waals surface area contributed by atoms with E-state index < -0.39 is 0 Å². The Labute approximate surface area is 95.9 Å². The van der Waals surface area contributed by atoms with Crippen molar-refractivity contribution in [1.29, 1.82) is 5.26 Å². The summed E-state index contributed by atoms with van der Waals surface area (Å²) in [4.78, 5) is 0. The fraction of sp³-hybridized carbons (Fsp3) is 0.417. The summed E-state index contributed by atoms with van der Waals surface area (Å²) in [5.74, 6) is 0.655. The lowest BCUT2D eigenvalue weighted by molar-refractivity contribution is 0.607. The third kappa shape index (κ3) is 3.81. The highest BCUT2D eigenvalue weighted by Crippen LogP contribution is 2.20.